The van der Waals surface area contributed by atoms with Crippen molar-refractivity contribution in [1.82, 2.24) is 0 Å². The molecular formula is C47H90N+. The van der Waals surface area contributed by atoms with Gasteiger partial charge in [0.05, 0.1) is 0 Å². The van der Waals surface area contributed by atoms with Crippen LogP contribution in [0.25, 0.3) is 0 Å². The van der Waals surface area contributed by atoms with Gasteiger partial charge in [0, 0.05) is 17.5 Å². The van der Waals surface area contributed by atoms with Gasteiger partial charge in [0.2, 0.25) is 0 Å². The van der Waals surface area contributed by atoms with Crippen LogP contribution in [0.2, 0.25) is 0 Å². The molecule has 0 radical (unpaired) electrons. The molecule has 0 saturated carbocycles. The fraction of sp³-hybridized carbons (Fsp3) is 0.894. The van der Waals surface area contributed by atoms with E-state index in [1.54, 1.807) is 11.1 Å². The molecule has 0 aromatic carbocycles. The average Bonchev–Trinajstić information content (AvgIpc) is 3.09. The van der Waals surface area contributed by atoms with Gasteiger partial charge in [-0.1, -0.05) is 226 Å². The van der Waals surface area contributed by atoms with Gasteiger partial charge in [0.15, 0.2) is 12.4 Å². The lowest BCUT2D eigenvalue weighted by atomic mass is 10.0. The first-order valence-electron chi connectivity index (χ1n) is 22.8. The standard InChI is InChI=1S/C47H90N/c1-4-7-10-13-16-19-22-23-24-25-26-27-30-33-36-39-42-48-44-46(40-37-34-31-28-20-17-14-11-8-5-2)43-47(45-48)41-38-35-32-29-21-18-15-12-9-6-3/h43-45H,4-42H2,1-3H3/q+1. The van der Waals surface area contributed by atoms with Crippen molar-refractivity contribution in [2.24, 2.45) is 0 Å². The Morgan fingerprint density at radius 2 is 0.521 bits per heavy atom. The molecule has 1 nitrogen and oxygen atoms in total. The number of rotatable bonds is 39. The molecule has 0 bridgehead atoms. The van der Waals surface area contributed by atoms with E-state index in [9.17, 15) is 0 Å². The minimum absolute atomic E-state index is 1.22. The minimum atomic E-state index is 1.22. The topological polar surface area (TPSA) is 3.88 Å². The van der Waals surface area contributed by atoms with Crippen LogP contribution >= 0.6 is 0 Å². The van der Waals surface area contributed by atoms with E-state index in [-0.39, 0.29) is 0 Å². The van der Waals surface area contributed by atoms with Crippen molar-refractivity contribution < 1.29 is 4.57 Å². The highest BCUT2D eigenvalue weighted by atomic mass is 14.9. The zero-order valence-electron chi connectivity index (χ0n) is 33.8. The van der Waals surface area contributed by atoms with Crippen molar-refractivity contribution in [3.63, 3.8) is 0 Å². The quantitative estimate of drug-likeness (QED) is 0.0485. The van der Waals surface area contributed by atoms with Crippen molar-refractivity contribution in [2.75, 3.05) is 0 Å². The van der Waals surface area contributed by atoms with Crippen molar-refractivity contribution >= 4 is 0 Å². The normalized spacial score (nSPS) is 11.6. The van der Waals surface area contributed by atoms with Crippen LogP contribution in [0.3, 0.4) is 0 Å². The number of nitrogens with zero attached hydrogens (tertiary/aromatic N) is 1. The number of unbranched alkanes of at least 4 members (excludes halogenated alkanes) is 33. The van der Waals surface area contributed by atoms with Crippen LogP contribution in [0.4, 0.5) is 0 Å². The zero-order chi connectivity index (χ0) is 34.4. The number of pyridine rings is 1. The summed E-state index contributed by atoms with van der Waals surface area (Å²) in [5.74, 6) is 0. The smallest absolute Gasteiger partial charge is 0.171 e. The van der Waals surface area contributed by atoms with Crippen LogP contribution < -0.4 is 4.57 Å². The third-order valence-electron chi connectivity index (χ3n) is 10.9. The number of hydrogen-bond acceptors (Lipinski definition) is 0. The molecule has 0 aliphatic rings. The van der Waals surface area contributed by atoms with Gasteiger partial charge in [-0.25, -0.2) is 4.57 Å². The molecule has 0 saturated heterocycles. The molecule has 1 aromatic rings. The summed E-state index contributed by atoms with van der Waals surface area (Å²) >= 11 is 0. The predicted octanol–water partition coefficient (Wildman–Crippen LogP) is 16.2. The van der Waals surface area contributed by atoms with Gasteiger partial charge in [-0.05, 0) is 38.2 Å². The van der Waals surface area contributed by atoms with Gasteiger partial charge < -0.3 is 0 Å². The summed E-state index contributed by atoms with van der Waals surface area (Å²) in [4.78, 5) is 0. The van der Waals surface area contributed by atoms with Gasteiger partial charge in [-0.3, -0.25) is 0 Å². The zero-order valence-corrected chi connectivity index (χ0v) is 33.8. The summed E-state index contributed by atoms with van der Waals surface area (Å²) in [5, 5.41) is 0. The van der Waals surface area contributed by atoms with Crippen molar-refractivity contribution in [1.29, 1.82) is 0 Å². The van der Waals surface area contributed by atoms with Gasteiger partial charge in [-0.15, -0.1) is 0 Å². The predicted molar refractivity (Wildman–Crippen MR) is 217 cm³/mol. The van der Waals surface area contributed by atoms with E-state index in [1.807, 2.05) is 0 Å². The van der Waals surface area contributed by atoms with E-state index in [1.165, 1.54) is 251 Å². The van der Waals surface area contributed by atoms with Crippen molar-refractivity contribution in [2.45, 2.75) is 271 Å². The van der Waals surface area contributed by atoms with E-state index >= 15 is 0 Å². The van der Waals surface area contributed by atoms with Gasteiger partial charge in [-0.2, -0.15) is 0 Å². The number of hydrogen-bond donors (Lipinski definition) is 0. The van der Waals surface area contributed by atoms with Crippen LogP contribution in [0.5, 0.6) is 0 Å². The summed E-state index contributed by atoms with van der Waals surface area (Å²) < 4.78 is 2.58. The molecule has 0 spiro atoms. The third-order valence-corrected chi connectivity index (χ3v) is 10.9. The molecule has 1 heteroatoms. The molecule has 0 atom stereocenters. The van der Waals surface area contributed by atoms with E-state index in [0.717, 1.165) is 0 Å². The van der Waals surface area contributed by atoms with Gasteiger partial charge in [0.25, 0.3) is 0 Å². The molecule has 0 amide bonds. The lowest BCUT2D eigenvalue weighted by molar-refractivity contribution is -0.698. The Morgan fingerprint density at radius 1 is 0.292 bits per heavy atom. The third kappa shape index (κ3) is 31.2. The first kappa shape index (κ1) is 45.2. The Kier molecular flexibility index (Phi) is 35.2. The van der Waals surface area contributed by atoms with Crippen LogP contribution in [-0.2, 0) is 19.4 Å². The summed E-state index contributed by atoms with van der Waals surface area (Å²) in [6.07, 6.45) is 59.3. The highest BCUT2D eigenvalue weighted by Gasteiger charge is 2.09. The Bertz CT molecular complexity index is 711. The molecule has 0 fully saturated rings. The molecule has 0 aliphatic heterocycles. The van der Waals surface area contributed by atoms with Crippen LogP contribution in [0.15, 0.2) is 18.5 Å². The lowest BCUT2D eigenvalue weighted by Crippen LogP contribution is -2.34. The highest BCUT2D eigenvalue weighted by Crippen LogP contribution is 2.17. The second-order valence-electron chi connectivity index (χ2n) is 16.0. The molecule has 1 aromatic heterocycles. The van der Waals surface area contributed by atoms with Gasteiger partial charge >= 0.3 is 0 Å². The average molecular weight is 669 g/mol. The van der Waals surface area contributed by atoms with Crippen LogP contribution in [0, 0.1) is 0 Å². The molecule has 1 rings (SSSR count). The summed E-state index contributed by atoms with van der Waals surface area (Å²) in [6, 6.07) is 2.57. The lowest BCUT2D eigenvalue weighted by Gasteiger charge is -2.07. The first-order valence-corrected chi connectivity index (χ1v) is 22.8. The first-order chi connectivity index (χ1) is 23.8. The Labute approximate surface area is 304 Å². The van der Waals surface area contributed by atoms with E-state index in [2.05, 4.69) is 43.8 Å². The fourth-order valence-electron chi connectivity index (χ4n) is 7.65. The second kappa shape index (κ2) is 37.4. The van der Waals surface area contributed by atoms with E-state index in [0.29, 0.717) is 0 Å². The van der Waals surface area contributed by atoms with E-state index in [4.69, 9.17) is 0 Å². The molecule has 0 N–H and O–H groups in total. The van der Waals surface area contributed by atoms with Crippen LogP contribution in [-0.4, -0.2) is 0 Å². The summed E-state index contributed by atoms with van der Waals surface area (Å²) in [6.45, 7) is 8.16. The Morgan fingerprint density at radius 3 is 0.792 bits per heavy atom. The maximum Gasteiger partial charge on any atom is 0.171 e. The molecule has 48 heavy (non-hydrogen) atoms. The SMILES string of the molecule is CCCCCCCCCCCCCCCCCC[n+]1cc(CCCCCCCCCCCC)cc(CCCCCCCCCCCC)c1. The minimum Gasteiger partial charge on any atom is -0.205 e. The highest BCUT2D eigenvalue weighted by molar-refractivity contribution is 5.15. The number of aromatic nitrogens is 1. The van der Waals surface area contributed by atoms with Crippen LogP contribution in [0.1, 0.15) is 263 Å². The summed E-state index contributed by atoms with van der Waals surface area (Å²) in [5.41, 5.74) is 3.21. The fourth-order valence-corrected chi connectivity index (χ4v) is 7.65. The Balaban J connectivity index is 2.27. The second-order valence-corrected chi connectivity index (χ2v) is 16.0. The molecule has 282 valence electrons. The molecule has 1 heterocycles. The van der Waals surface area contributed by atoms with Crippen molar-refractivity contribution in [3.8, 4) is 0 Å². The number of aryl methyl sites for hydroxylation is 3. The molecule has 0 aliphatic carbocycles. The van der Waals surface area contributed by atoms with Crippen molar-refractivity contribution in [3.05, 3.63) is 29.6 Å². The maximum atomic E-state index is 2.58. The summed E-state index contributed by atoms with van der Waals surface area (Å²) in [7, 11) is 0. The van der Waals surface area contributed by atoms with E-state index < -0.39 is 0 Å². The monoisotopic (exact) mass is 669 g/mol. The van der Waals surface area contributed by atoms with Gasteiger partial charge in [0.1, 0.15) is 6.54 Å². The largest absolute Gasteiger partial charge is 0.205 e. The molecular weight excluding hydrogens is 579 g/mol. The Hall–Kier alpha value is -0.850. The maximum absolute atomic E-state index is 2.58. The molecule has 0 unspecified atom stereocenters.